The average Bonchev–Trinajstić information content (AvgIpc) is 2.47. The Balaban J connectivity index is 2.90. The molecule has 0 aliphatic carbocycles. The number of hydrogen-bond acceptors (Lipinski definition) is 5. The van der Waals surface area contributed by atoms with Gasteiger partial charge in [0.1, 0.15) is 0 Å². The largest absolute Gasteiger partial charge is 0.398 e. The van der Waals surface area contributed by atoms with Crippen molar-refractivity contribution in [3.8, 4) is 0 Å². The summed E-state index contributed by atoms with van der Waals surface area (Å²) in [6.45, 7) is 0. The predicted molar refractivity (Wildman–Crippen MR) is 52.2 cm³/mol. The summed E-state index contributed by atoms with van der Waals surface area (Å²) in [7, 11) is -3.42. The molecule has 0 atom stereocenters. The minimum Gasteiger partial charge on any atom is -0.398 e. The zero-order valence-electron chi connectivity index (χ0n) is 7.38. The predicted octanol–water partition coefficient (Wildman–Crippen LogP) is -0.179. The van der Waals surface area contributed by atoms with E-state index >= 15 is 0 Å². The summed E-state index contributed by atoms with van der Waals surface area (Å²) in [4.78, 5) is 3.91. The summed E-state index contributed by atoms with van der Waals surface area (Å²) in [5.74, 6) is 0. The number of aromatic nitrogens is 3. The minimum absolute atomic E-state index is 0.257. The van der Waals surface area contributed by atoms with E-state index in [1.165, 1.54) is 12.4 Å². The van der Waals surface area contributed by atoms with Crippen LogP contribution in [0, 0.1) is 0 Å². The van der Waals surface area contributed by atoms with Crippen LogP contribution in [0.5, 0.6) is 0 Å². The Morgan fingerprint density at radius 3 is 2.86 bits per heavy atom. The monoisotopic (exact) mass is 212 g/mol. The Morgan fingerprint density at radius 1 is 1.50 bits per heavy atom. The highest BCUT2D eigenvalue weighted by atomic mass is 32.2. The number of fused-ring (bicyclic) bond motifs is 1. The van der Waals surface area contributed by atoms with E-state index in [1.807, 2.05) is 0 Å². The molecular weight excluding hydrogens is 204 g/mol. The molecule has 0 aliphatic heterocycles. The maximum Gasteiger partial charge on any atom is 0.252 e. The van der Waals surface area contributed by atoms with Gasteiger partial charge < -0.3 is 5.73 Å². The third kappa shape index (κ3) is 1.22. The molecule has 2 heterocycles. The summed E-state index contributed by atoms with van der Waals surface area (Å²) in [5, 5.41) is 4.25. The molecule has 0 amide bonds. The number of nitrogens with two attached hydrogens (primary N) is 1. The van der Waals surface area contributed by atoms with Gasteiger partial charge in [0.25, 0.3) is 10.0 Å². The molecule has 0 bridgehead atoms. The standard InChI is InChI=1S/C7H8N4O2S/c1-14(12,13)11-7-5(4-10-11)6(8)2-3-9-7/h2-4H,1H3,(H2,8,9). The SMILES string of the molecule is CS(=O)(=O)n1ncc2c(N)ccnc21. The van der Waals surface area contributed by atoms with Crippen molar-refractivity contribution in [2.45, 2.75) is 0 Å². The first kappa shape index (κ1) is 8.95. The van der Waals surface area contributed by atoms with Crippen molar-refractivity contribution in [2.24, 2.45) is 0 Å². The molecule has 0 unspecified atom stereocenters. The van der Waals surface area contributed by atoms with Gasteiger partial charge in [0.15, 0.2) is 5.65 Å². The normalized spacial score (nSPS) is 12.1. The topological polar surface area (TPSA) is 90.9 Å². The van der Waals surface area contributed by atoms with Gasteiger partial charge in [-0.05, 0) is 6.07 Å². The first-order valence-electron chi connectivity index (χ1n) is 3.79. The highest BCUT2D eigenvalue weighted by Crippen LogP contribution is 2.18. The fourth-order valence-electron chi connectivity index (χ4n) is 1.17. The van der Waals surface area contributed by atoms with Crippen LogP contribution < -0.4 is 5.73 Å². The summed E-state index contributed by atoms with van der Waals surface area (Å²) in [6, 6.07) is 1.59. The zero-order valence-corrected chi connectivity index (χ0v) is 8.19. The quantitative estimate of drug-likeness (QED) is 0.708. The van der Waals surface area contributed by atoms with Crippen LogP contribution in [0.4, 0.5) is 5.69 Å². The van der Waals surface area contributed by atoms with Gasteiger partial charge in [-0.15, -0.1) is 4.09 Å². The number of hydrogen-bond donors (Lipinski definition) is 1. The van der Waals surface area contributed by atoms with Crippen LogP contribution in [0.3, 0.4) is 0 Å². The van der Waals surface area contributed by atoms with Gasteiger partial charge >= 0.3 is 0 Å². The molecule has 2 rings (SSSR count). The van der Waals surface area contributed by atoms with E-state index in [0.29, 0.717) is 11.1 Å². The van der Waals surface area contributed by atoms with Gasteiger partial charge in [0, 0.05) is 11.9 Å². The molecule has 6 nitrogen and oxygen atoms in total. The van der Waals surface area contributed by atoms with Crippen molar-refractivity contribution in [1.82, 2.24) is 14.2 Å². The first-order valence-corrected chi connectivity index (χ1v) is 5.64. The molecule has 2 N–H and O–H groups in total. The van der Waals surface area contributed by atoms with Crippen molar-refractivity contribution in [3.05, 3.63) is 18.5 Å². The van der Waals surface area contributed by atoms with Crippen molar-refractivity contribution in [2.75, 3.05) is 12.0 Å². The fourth-order valence-corrected chi connectivity index (χ4v) is 1.85. The third-order valence-corrected chi connectivity index (χ3v) is 2.69. The second kappa shape index (κ2) is 2.68. The van der Waals surface area contributed by atoms with Crippen LogP contribution in [-0.4, -0.2) is 28.8 Å². The van der Waals surface area contributed by atoms with Crippen molar-refractivity contribution < 1.29 is 8.42 Å². The van der Waals surface area contributed by atoms with E-state index < -0.39 is 10.0 Å². The Labute approximate surface area is 80.4 Å². The Hall–Kier alpha value is -1.63. The molecule has 0 saturated heterocycles. The van der Waals surface area contributed by atoms with Crippen molar-refractivity contribution in [1.29, 1.82) is 0 Å². The molecule has 0 spiro atoms. The minimum atomic E-state index is -3.42. The van der Waals surface area contributed by atoms with E-state index in [1.54, 1.807) is 6.07 Å². The summed E-state index contributed by atoms with van der Waals surface area (Å²) in [6.07, 6.45) is 3.89. The molecule has 0 fully saturated rings. The molecule has 2 aromatic heterocycles. The van der Waals surface area contributed by atoms with E-state index in [0.717, 1.165) is 10.3 Å². The molecule has 0 saturated carbocycles. The van der Waals surface area contributed by atoms with E-state index in [4.69, 9.17) is 5.73 Å². The van der Waals surface area contributed by atoms with Crippen LogP contribution in [0.2, 0.25) is 0 Å². The van der Waals surface area contributed by atoms with E-state index in [-0.39, 0.29) is 5.65 Å². The fraction of sp³-hybridized carbons (Fsp3) is 0.143. The van der Waals surface area contributed by atoms with Crippen LogP contribution in [0.25, 0.3) is 11.0 Å². The molecule has 0 aromatic carbocycles. The van der Waals surface area contributed by atoms with Crippen LogP contribution >= 0.6 is 0 Å². The molecule has 7 heteroatoms. The number of nitrogen functional groups attached to an aromatic ring is 1. The van der Waals surface area contributed by atoms with Crippen LogP contribution in [-0.2, 0) is 10.0 Å². The lowest BCUT2D eigenvalue weighted by molar-refractivity contribution is 0.588. The number of nitrogens with zero attached hydrogens (tertiary/aromatic N) is 3. The lowest BCUT2D eigenvalue weighted by atomic mass is 10.3. The first-order chi connectivity index (χ1) is 6.50. The number of anilines is 1. The average molecular weight is 212 g/mol. The molecule has 0 aliphatic rings. The highest BCUT2D eigenvalue weighted by molar-refractivity contribution is 7.89. The van der Waals surface area contributed by atoms with E-state index in [9.17, 15) is 8.42 Å². The molecule has 0 radical (unpaired) electrons. The molecular formula is C7H8N4O2S. The van der Waals surface area contributed by atoms with Crippen molar-refractivity contribution in [3.63, 3.8) is 0 Å². The molecule has 14 heavy (non-hydrogen) atoms. The van der Waals surface area contributed by atoms with Gasteiger partial charge in [0.2, 0.25) is 0 Å². The summed E-state index contributed by atoms with van der Waals surface area (Å²) < 4.78 is 23.3. The van der Waals surface area contributed by atoms with Gasteiger partial charge in [-0.2, -0.15) is 5.10 Å². The van der Waals surface area contributed by atoms with Crippen LogP contribution in [0.1, 0.15) is 0 Å². The highest BCUT2D eigenvalue weighted by Gasteiger charge is 2.13. The van der Waals surface area contributed by atoms with Gasteiger partial charge in [0.05, 0.1) is 17.8 Å². The van der Waals surface area contributed by atoms with Gasteiger partial charge in [-0.25, -0.2) is 13.4 Å². The maximum atomic E-state index is 11.2. The summed E-state index contributed by atoms with van der Waals surface area (Å²) in [5.41, 5.74) is 6.34. The Bertz CT molecular complexity index is 587. The lowest BCUT2D eigenvalue weighted by Gasteiger charge is -1.98. The third-order valence-electron chi connectivity index (χ3n) is 1.79. The maximum absolute atomic E-state index is 11.2. The second-order valence-electron chi connectivity index (χ2n) is 2.89. The Morgan fingerprint density at radius 2 is 2.21 bits per heavy atom. The molecule has 74 valence electrons. The van der Waals surface area contributed by atoms with Gasteiger partial charge in [-0.3, -0.25) is 0 Å². The lowest BCUT2D eigenvalue weighted by Crippen LogP contribution is -2.11. The Kier molecular flexibility index (Phi) is 1.71. The van der Waals surface area contributed by atoms with Gasteiger partial charge in [-0.1, -0.05) is 0 Å². The number of pyridine rings is 1. The van der Waals surface area contributed by atoms with Crippen LogP contribution in [0.15, 0.2) is 18.5 Å². The smallest absolute Gasteiger partial charge is 0.252 e. The summed E-state index contributed by atoms with van der Waals surface area (Å²) >= 11 is 0. The van der Waals surface area contributed by atoms with Crippen molar-refractivity contribution >= 4 is 26.7 Å². The van der Waals surface area contributed by atoms with E-state index in [2.05, 4.69) is 10.1 Å². The molecule has 2 aromatic rings. The zero-order chi connectivity index (χ0) is 10.3. The second-order valence-corrected chi connectivity index (χ2v) is 4.70. The number of rotatable bonds is 1.